The van der Waals surface area contributed by atoms with Crippen LogP contribution < -0.4 is 4.31 Å². The van der Waals surface area contributed by atoms with Gasteiger partial charge < -0.3 is 4.74 Å². The molecule has 3 rings (SSSR count). The molecule has 1 aliphatic heterocycles. The van der Waals surface area contributed by atoms with Gasteiger partial charge in [0.2, 0.25) is 10.0 Å². The fourth-order valence-corrected chi connectivity index (χ4v) is 4.33. The molecule has 0 N–H and O–H groups in total. The lowest BCUT2D eigenvalue weighted by Gasteiger charge is -2.16. The third-order valence-corrected chi connectivity index (χ3v) is 6.04. The van der Waals surface area contributed by atoms with Crippen LogP contribution >= 0.6 is 11.3 Å². The van der Waals surface area contributed by atoms with Crippen molar-refractivity contribution in [2.45, 2.75) is 26.4 Å². The first kappa shape index (κ1) is 16.9. The first-order chi connectivity index (χ1) is 11.4. The average Bonchev–Trinajstić information content (AvgIpc) is 3.17. The number of thiazole rings is 1. The molecule has 0 saturated carbocycles. The highest BCUT2D eigenvalue weighted by atomic mass is 32.2. The summed E-state index contributed by atoms with van der Waals surface area (Å²) in [5.41, 5.74) is 2.66. The van der Waals surface area contributed by atoms with Gasteiger partial charge in [-0.25, -0.2) is 18.2 Å². The predicted molar refractivity (Wildman–Crippen MR) is 92.9 cm³/mol. The van der Waals surface area contributed by atoms with Crippen LogP contribution in [0.3, 0.4) is 0 Å². The lowest BCUT2D eigenvalue weighted by molar-refractivity contribution is 0.0468. The second kappa shape index (κ2) is 6.52. The summed E-state index contributed by atoms with van der Waals surface area (Å²) >= 11 is 1.55. The maximum Gasteiger partial charge on any atom is 0.338 e. The average molecular weight is 366 g/mol. The lowest BCUT2D eigenvalue weighted by Crippen LogP contribution is -2.27. The summed E-state index contributed by atoms with van der Waals surface area (Å²) in [6.45, 7) is 2.58. The molecular weight excluding hydrogens is 348 g/mol. The molecule has 2 heterocycles. The summed E-state index contributed by atoms with van der Waals surface area (Å²) in [7, 11) is -3.29. The molecule has 6 nitrogen and oxygen atoms in total. The van der Waals surface area contributed by atoms with Gasteiger partial charge in [0, 0.05) is 11.9 Å². The second-order valence-corrected chi connectivity index (χ2v) is 8.44. The highest BCUT2D eigenvalue weighted by molar-refractivity contribution is 7.92. The van der Waals surface area contributed by atoms with Crippen LogP contribution in [0, 0.1) is 0 Å². The zero-order chi connectivity index (χ0) is 17.3. The summed E-state index contributed by atoms with van der Waals surface area (Å²) in [4.78, 5) is 16.6. The van der Waals surface area contributed by atoms with E-state index in [9.17, 15) is 13.2 Å². The van der Waals surface area contributed by atoms with E-state index in [0.717, 1.165) is 22.7 Å². The number of nitrogens with zero attached hydrogens (tertiary/aromatic N) is 2. The molecule has 0 fully saturated rings. The molecule has 0 atom stereocenters. The van der Waals surface area contributed by atoms with Gasteiger partial charge in [-0.05, 0) is 36.6 Å². The molecule has 24 heavy (non-hydrogen) atoms. The summed E-state index contributed by atoms with van der Waals surface area (Å²) < 4.78 is 30.1. The molecular formula is C16H18N2O4S2. The molecule has 128 valence electrons. The molecule has 1 aliphatic rings. The van der Waals surface area contributed by atoms with Crippen molar-refractivity contribution in [2.24, 2.45) is 0 Å². The molecule has 1 aromatic heterocycles. The Balaban J connectivity index is 1.70. The third kappa shape index (κ3) is 3.44. The van der Waals surface area contributed by atoms with Gasteiger partial charge in [-0.15, -0.1) is 11.3 Å². The van der Waals surface area contributed by atoms with Crippen LogP contribution in [0.5, 0.6) is 0 Å². The Labute approximate surface area is 145 Å². The van der Waals surface area contributed by atoms with E-state index in [2.05, 4.69) is 4.98 Å². The van der Waals surface area contributed by atoms with Crippen LogP contribution in [-0.4, -0.2) is 32.2 Å². The predicted octanol–water partition coefficient (Wildman–Crippen LogP) is 2.38. The standard InChI is InChI=1S/C16H18N2O4S2/c1-3-15-17-13(10-23-15)9-22-16(19)12-4-5-14-11(8-12)6-7-18(14)24(2,20)21/h4-5,8,10H,3,6-7,9H2,1-2H3. The van der Waals surface area contributed by atoms with Crippen molar-refractivity contribution in [1.82, 2.24) is 4.98 Å². The minimum Gasteiger partial charge on any atom is -0.456 e. The maximum absolute atomic E-state index is 12.2. The van der Waals surface area contributed by atoms with Gasteiger partial charge in [-0.1, -0.05) is 6.92 Å². The highest BCUT2D eigenvalue weighted by Crippen LogP contribution is 2.30. The van der Waals surface area contributed by atoms with Crippen molar-refractivity contribution < 1.29 is 17.9 Å². The van der Waals surface area contributed by atoms with Crippen LogP contribution in [0.25, 0.3) is 0 Å². The van der Waals surface area contributed by atoms with E-state index in [1.54, 1.807) is 29.5 Å². The molecule has 0 bridgehead atoms. The van der Waals surface area contributed by atoms with Gasteiger partial charge in [-0.2, -0.15) is 0 Å². The van der Waals surface area contributed by atoms with Crippen LogP contribution in [-0.2, 0) is 34.2 Å². The van der Waals surface area contributed by atoms with Gasteiger partial charge in [0.1, 0.15) is 6.61 Å². The fourth-order valence-electron chi connectivity index (χ4n) is 2.64. The van der Waals surface area contributed by atoms with Gasteiger partial charge >= 0.3 is 5.97 Å². The molecule has 8 heteroatoms. The monoisotopic (exact) mass is 366 g/mol. The van der Waals surface area contributed by atoms with Crippen LogP contribution in [0.1, 0.15) is 33.5 Å². The lowest BCUT2D eigenvalue weighted by atomic mass is 10.1. The van der Waals surface area contributed by atoms with E-state index >= 15 is 0 Å². The smallest absolute Gasteiger partial charge is 0.338 e. The van der Waals surface area contributed by atoms with Crippen molar-refractivity contribution in [1.29, 1.82) is 0 Å². The molecule has 0 aliphatic carbocycles. The van der Waals surface area contributed by atoms with Crippen molar-refractivity contribution in [3.8, 4) is 0 Å². The first-order valence-electron chi connectivity index (χ1n) is 7.59. The number of fused-ring (bicyclic) bond motifs is 1. The molecule has 0 unspecified atom stereocenters. The van der Waals surface area contributed by atoms with E-state index in [-0.39, 0.29) is 6.61 Å². The third-order valence-electron chi connectivity index (χ3n) is 3.82. The molecule has 0 spiro atoms. The summed E-state index contributed by atoms with van der Waals surface area (Å²) in [5.74, 6) is -0.429. The Hall–Kier alpha value is -1.93. The Morgan fingerprint density at radius 3 is 2.88 bits per heavy atom. The van der Waals surface area contributed by atoms with Gasteiger partial charge in [-0.3, -0.25) is 4.31 Å². The van der Waals surface area contributed by atoms with Crippen molar-refractivity contribution in [3.63, 3.8) is 0 Å². The van der Waals surface area contributed by atoms with Crippen LogP contribution in [0.4, 0.5) is 5.69 Å². The number of hydrogen-bond donors (Lipinski definition) is 0. The summed E-state index contributed by atoms with van der Waals surface area (Å²) in [6.07, 6.45) is 2.64. The topological polar surface area (TPSA) is 76.6 Å². The van der Waals surface area contributed by atoms with Crippen LogP contribution in [0.2, 0.25) is 0 Å². The summed E-state index contributed by atoms with van der Waals surface area (Å²) in [5, 5.41) is 2.90. The molecule has 0 saturated heterocycles. The van der Waals surface area contributed by atoms with Gasteiger partial charge in [0.15, 0.2) is 0 Å². The Bertz CT molecular complexity index is 874. The number of carbonyl (C=O) groups is 1. The minimum atomic E-state index is -3.29. The number of benzene rings is 1. The molecule has 2 aromatic rings. The fraction of sp³-hybridized carbons (Fsp3) is 0.375. The number of aromatic nitrogens is 1. The number of carbonyl (C=O) groups excluding carboxylic acids is 1. The number of hydrogen-bond acceptors (Lipinski definition) is 6. The largest absolute Gasteiger partial charge is 0.456 e. The number of esters is 1. The van der Waals surface area contributed by atoms with Crippen molar-refractivity contribution in [3.05, 3.63) is 45.4 Å². The van der Waals surface area contributed by atoms with E-state index in [1.165, 1.54) is 10.6 Å². The zero-order valence-electron chi connectivity index (χ0n) is 13.5. The molecule has 1 aromatic carbocycles. The van der Waals surface area contributed by atoms with E-state index < -0.39 is 16.0 Å². The number of sulfonamides is 1. The number of aryl methyl sites for hydroxylation is 1. The van der Waals surface area contributed by atoms with Crippen molar-refractivity contribution >= 4 is 33.0 Å². The van der Waals surface area contributed by atoms with Crippen molar-refractivity contribution in [2.75, 3.05) is 17.1 Å². The van der Waals surface area contributed by atoms with E-state index in [0.29, 0.717) is 24.2 Å². The number of rotatable bonds is 5. The number of anilines is 1. The number of ether oxygens (including phenoxy) is 1. The highest BCUT2D eigenvalue weighted by Gasteiger charge is 2.27. The van der Waals surface area contributed by atoms with E-state index in [1.807, 2.05) is 12.3 Å². The summed E-state index contributed by atoms with van der Waals surface area (Å²) in [6, 6.07) is 4.97. The maximum atomic E-state index is 12.2. The second-order valence-electron chi connectivity index (χ2n) is 5.59. The van der Waals surface area contributed by atoms with E-state index in [4.69, 9.17) is 4.74 Å². The first-order valence-corrected chi connectivity index (χ1v) is 10.3. The molecule has 0 radical (unpaired) electrons. The van der Waals surface area contributed by atoms with Crippen LogP contribution in [0.15, 0.2) is 23.6 Å². The normalized spacial score (nSPS) is 13.8. The Morgan fingerprint density at radius 1 is 1.42 bits per heavy atom. The minimum absolute atomic E-state index is 0.141. The Morgan fingerprint density at radius 2 is 2.21 bits per heavy atom. The van der Waals surface area contributed by atoms with Gasteiger partial charge in [0.05, 0.1) is 28.2 Å². The Kier molecular flexibility index (Phi) is 4.60. The quantitative estimate of drug-likeness (QED) is 0.760. The van der Waals surface area contributed by atoms with Gasteiger partial charge in [0.25, 0.3) is 0 Å². The molecule has 0 amide bonds. The zero-order valence-corrected chi connectivity index (χ0v) is 15.1. The SMILES string of the molecule is CCc1nc(COC(=O)c2ccc3c(c2)CCN3S(C)(=O)=O)cs1.